The van der Waals surface area contributed by atoms with Gasteiger partial charge in [-0.1, -0.05) is 18.2 Å². The van der Waals surface area contributed by atoms with Crippen LogP contribution in [0, 0.1) is 0 Å². The number of nitrogens with one attached hydrogen (secondary N) is 1. The number of likely N-dealkylation sites (N-methyl/N-ethyl adjacent to an activating group) is 1. The monoisotopic (exact) mass is 411 g/mol. The van der Waals surface area contributed by atoms with E-state index in [0.29, 0.717) is 24.7 Å². The lowest BCUT2D eigenvalue weighted by Gasteiger charge is -2.22. The number of carbonyl (C=O) groups is 1. The van der Waals surface area contributed by atoms with Crippen molar-refractivity contribution in [2.45, 2.75) is 39.3 Å². The third-order valence-electron chi connectivity index (χ3n) is 5.23. The predicted octanol–water partition coefficient (Wildman–Crippen LogP) is 4.15. The highest BCUT2D eigenvalue weighted by Gasteiger charge is 2.19. The Hall–Kier alpha value is -2.89. The Kier molecular flexibility index (Phi) is 7.44. The van der Waals surface area contributed by atoms with Gasteiger partial charge in [0.25, 0.3) is 5.91 Å². The van der Waals surface area contributed by atoms with E-state index in [0.717, 1.165) is 24.3 Å². The van der Waals surface area contributed by atoms with Crippen molar-refractivity contribution in [3.05, 3.63) is 48.0 Å². The van der Waals surface area contributed by atoms with E-state index in [2.05, 4.69) is 34.5 Å². The first kappa shape index (κ1) is 21.8. The highest BCUT2D eigenvalue weighted by atomic mass is 16.5. The molecule has 2 aromatic carbocycles. The van der Waals surface area contributed by atoms with Crippen LogP contribution < -0.4 is 19.7 Å². The van der Waals surface area contributed by atoms with Gasteiger partial charge >= 0.3 is 0 Å². The number of amides is 1. The van der Waals surface area contributed by atoms with Gasteiger partial charge in [0.05, 0.1) is 18.0 Å². The van der Waals surface area contributed by atoms with Crippen LogP contribution in [0.1, 0.15) is 32.3 Å². The third-order valence-corrected chi connectivity index (χ3v) is 5.23. The van der Waals surface area contributed by atoms with Gasteiger partial charge in [-0.15, -0.1) is 0 Å². The molecule has 0 aromatic heterocycles. The van der Waals surface area contributed by atoms with Crippen molar-refractivity contribution < 1.29 is 14.3 Å². The molecule has 1 aliphatic heterocycles. The third kappa shape index (κ3) is 5.38. The van der Waals surface area contributed by atoms with Gasteiger partial charge in [0.1, 0.15) is 0 Å². The van der Waals surface area contributed by atoms with E-state index in [1.54, 1.807) is 21.0 Å². The summed E-state index contributed by atoms with van der Waals surface area (Å²) in [6.07, 6.45) is 1.93. The zero-order valence-electron chi connectivity index (χ0n) is 18.5. The van der Waals surface area contributed by atoms with Crippen LogP contribution in [0.3, 0.4) is 0 Å². The molecule has 1 unspecified atom stereocenters. The van der Waals surface area contributed by atoms with Crippen LogP contribution in [-0.2, 0) is 11.3 Å². The molecule has 6 nitrogen and oxygen atoms in total. The van der Waals surface area contributed by atoms with Crippen LogP contribution in [0.4, 0.5) is 11.4 Å². The molecule has 1 heterocycles. The molecular weight excluding hydrogens is 378 g/mol. The average Bonchev–Trinajstić information content (AvgIpc) is 3.28. The molecule has 30 heavy (non-hydrogen) atoms. The molecule has 1 fully saturated rings. The molecule has 0 spiro atoms. The summed E-state index contributed by atoms with van der Waals surface area (Å²) in [5.74, 6) is 1.16. The molecule has 1 N–H and O–H groups in total. The van der Waals surface area contributed by atoms with E-state index in [1.165, 1.54) is 23.4 Å². The van der Waals surface area contributed by atoms with Crippen LogP contribution in [-0.4, -0.2) is 50.7 Å². The lowest BCUT2D eigenvalue weighted by molar-refractivity contribution is -0.135. The maximum absolute atomic E-state index is 12.1. The standard InChI is InChI=1S/C24H33N3O3/c1-5-29-23-16-19(12-13-22(23)30-18(2)24(28)26(3)4)17-25-20-10-6-7-11-21(20)27-14-8-9-15-27/h6-7,10-13,16,18,25H,5,8-9,14-15,17H2,1-4H3. The van der Waals surface area contributed by atoms with Gasteiger partial charge in [0.15, 0.2) is 17.6 Å². The first-order valence-corrected chi connectivity index (χ1v) is 10.7. The molecule has 2 aromatic rings. The summed E-state index contributed by atoms with van der Waals surface area (Å²) in [5.41, 5.74) is 3.49. The predicted molar refractivity (Wildman–Crippen MR) is 122 cm³/mol. The second kappa shape index (κ2) is 10.2. The lowest BCUT2D eigenvalue weighted by Crippen LogP contribution is -2.35. The summed E-state index contributed by atoms with van der Waals surface area (Å²) >= 11 is 0. The van der Waals surface area contributed by atoms with Crippen LogP contribution in [0.25, 0.3) is 0 Å². The Labute approximate surface area is 179 Å². The first-order chi connectivity index (χ1) is 14.5. The van der Waals surface area contributed by atoms with E-state index in [-0.39, 0.29) is 5.91 Å². The molecular formula is C24H33N3O3. The Morgan fingerprint density at radius 3 is 2.57 bits per heavy atom. The van der Waals surface area contributed by atoms with Gasteiger partial charge < -0.3 is 24.6 Å². The second-order valence-corrected chi connectivity index (χ2v) is 7.77. The van der Waals surface area contributed by atoms with Crippen molar-refractivity contribution in [3.63, 3.8) is 0 Å². The number of nitrogens with zero attached hydrogens (tertiary/aromatic N) is 2. The zero-order valence-corrected chi connectivity index (χ0v) is 18.5. The fourth-order valence-electron chi connectivity index (χ4n) is 3.69. The number of rotatable bonds is 9. The SMILES string of the molecule is CCOc1cc(CNc2ccccc2N2CCCC2)ccc1OC(C)C(=O)N(C)C. The van der Waals surface area contributed by atoms with Gasteiger partial charge in [-0.2, -0.15) is 0 Å². The zero-order chi connectivity index (χ0) is 21.5. The van der Waals surface area contributed by atoms with E-state index in [1.807, 2.05) is 25.1 Å². The largest absolute Gasteiger partial charge is 0.490 e. The quantitative estimate of drug-likeness (QED) is 0.672. The van der Waals surface area contributed by atoms with Crippen molar-refractivity contribution in [3.8, 4) is 11.5 Å². The van der Waals surface area contributed by atoms with Crippen LogP contribution >= 0.6 is 0 Å². The normalized spacial score (nSPS) is 14.3. The summed E-state index contributed by atoms with van der Waals surface area (Å²) in [5, 5.41) is 3.57. The lowest BCUT2D eigenvalue weighted by atomic mass is 10.1. The summed E-state index contributed by atoms with van der Waals surface area (Å²) < 4.78 is 11.7. The smallest absolute Gasteiger partial charge is 0.262 e. The van der Waals surface area contributed by atoms with Crippen molar-refractivity contribution in [1.82, 2.24) is 4.90 Å². The van der Waals surface area contributed by atoms with Crippen molar-refractivity contribution >= 4 is 17.3 Å². The van der Waals surface area contributed by atoms with Gasteiger partial charge in [0.2, 0.25) is 0 Å². The molecule has 1 atom stereocenters. The molecule has 0 radical (unpaired) electrons. The number of para-hydroxylation sites is 2. The summed E-state index contributed by atoms with van der Waals surface area (Å²) in [7, 11) is 3.45. The molecule has 6 heteroatoms. The number of carbonyl (C=O) groups excluding carboxylic acids is 1. The second-order valence-electron chi connectivity index (χ2n) is 7.77. The molecule has 0 bridgehead atoms. The average molecular weight is 412 g/mol. The van der Waals surface area contributed by atoms with Crippen molar-refractivity contribution in [1.29, 1.82) is 0 Å². The van der Waals surface area contributed by atoms with Crippen LogP contribution in [0.2, 0.25) is 0 Å². The van der Waals surface area contributed by atoms with Gasteiger partial charge in [0, 0.05) is 33.7 Å². The molecule has 0 saturated carbocycles. The Bertz CT molecular complexity index is 847. The fraction of sp³-hybridized carbons (Fsp3) is 0.458. The number of benzene rings is 2. The first-order valence-electron chi connectivity index (χ1n) is 10.7. The van der Waals surface area contributed by atoms with E-state index in [9.17, 15) is 4.79 Å². The topological polar surface area (TPSA) is 54.0 Å². The minimum absolute atomic E-state index is 0.0817. The molecule has 0 aliphatic carbocycles. The van der Waals surface area contributed by atoms with Crippen LogP contribution in [0.5, 0.6) is 11.5 Å². The van der Waals surface area contributed by atoms with Crippen molar-refractivity contribution in [2.75, 3.05) is 44.0 Å². The van der Waals surface area contributed by atoms with Crippen molar-refractivity contribution in [2.24, 2.45) is 0 Å². The Morgan fingerprint density at radius 2 is 1.87 bits per heavy atom. The maximum Gasteiger partial charge on any atom is 0.262 e. The fourth-order valence-corrected chi connectivity index (χ4v) is 3.69. The summed E-state index contributed by atoms with van der Waals surface area (Å²) in [6, 6.07) is 14.3. The summed E-state index contributed by atoms with van der Waals surface area (Å²) in [6.45, 7) is 7.13. The number of hydrogen-bond acceptors (Lipinski definition) is 5. The molecule has 1 aliphatic rings. The van der Waals surface area contributed by atoms with Gasteiger partial charge in [-0.3, -0.25) is 4.79 Å². The molecule has 162 valence electrons. The number of anilines is 2. The van der Waals surface area contributed by atoms with Gasteiger partial charge in [-0.25, -0.2) is 0 Å². The Balaban J connectivity index is 1.71. The minimum atomic E-state index is -0.574. The molecule has 1 amide bonds. The molecule has 3 rings (SSSR count). The van der Waals surface area contributed by atoms with Gasteiger partial charge in [-0.05, 0) is 56.5 Å². The minimum Gasteiger partial charge on any atom is -0.490 e. The van der Waals surface area contributed by atoms with E-state index >= 15 is 0 Å². The number of hydrogen-bond donors (Lipinski definition) is 1. The van der Waals surface area contributed by atoms with E-state index < -0.39 is 6.10 Å². The highest BCUT2D eigenvalue weighted by Crippen LogP contribution is 2.32. The number of ether oxygens (including phenoxy) is 2. The maximum atomic E-state index is 12.1. The molecule has 1 saturated heterocycles. The Morgan fingerprint density at radius 1 is 1.13 bits per heavy atom. The summed E-state index contributed by atoms with van der Waals surface area (Å²) in [4.78, 5) is 16.1. The van der Waals surface area contributed by atoms with E-state index in [4.69, 9.17) is 9.47 Å². The van der Waals surface area contributed by atoms with Crippen LogP contribution in [0.15, 0.2) is 42.5 Å². The highest BCUT2D eigenvalue weighted by molar-refractivity contribution is 5.80.